The second-order valence-corrected chi connectivity index (χ2v) is 4.20. The van der Waals surface area contributed by atoms with Crippen LogP contribution in [-0.2, 0) is 0 Å². The fourth-order valence-electron chi connectivity index (χ4n) is 1.59. The highest BCUT2D eigenvalue weighted by atomic mass is 79.9. The molecule has 2 rings (SSSR count). The van der Waals surface area contributed by atoms with E-state index in [2.05, 4.69) is 20.9 Å². The summed E-state index contributed by atoms with van der Waals surface area (Å²) < 4.78 is 0.516. The van der Waals surface area contributed by atoms with Gasteiger partial charge in [-0.05, 0) is 6.07 Å². The van der Waals surface area contributed by atoms with E-state index in [0.717, 1.165) is 0 Å². The summed E-state index contributed by atoms with van der Waals surface area (Å²) in [5.41, 5.74) is 2.42. The molecule has 1 amide bonds. The molecule has 0 atom stereocenters. The Kier molecular flexibility index (Phi) is 2.82. The van der Waals surface area contributed by atoms with Gasteiger partial charge < -0.3 is 4.98 Å². The Balaban J connectivity index is 2.77. The van der Waals surface area contributed by atoms with E-state index in [0.29, 0.717) is 9.86 Å². The molecule has 0 saturated heterocycles. The molecule has 1 aromatic carbocycles. The van der Waals surface area contributed by atoms with Crippen molar-refractivity contribution in [2.45, 2.75) is 0 Å². The van der Waals surface area contributed by atoms with Crippen LogP contribution in [0.5, 0.6) is 0 Å². The number of hydrogen-bond donors (Lipinski definition) is 3. The molecule has 0 aliphatic rings. The number of non-ortho nitro benzene ring substituents is 1. The summed E-state index contributed by atoms with van der Waals surface area (Å²) in [6, 6.07) is 2.98. The standard InChI is InChI=1S/C9H7BrN4O3/c10-4-1-5-6(9(15)13-11)3-12-8(5)7(2-4)14(16)17/h1-3,12H,11H2,(H,13,15). The van der Waals surface area contributed by atoms with Crippen molar-refractivity contribution in [1.29, 1.82) is 0 Å². The first kappa shape index (κ1) is 11.6. The number of H-pyrrole nitrogens is 1. The van der Waals surface area contributed by atoms with Crippen LogP contribution in [0.4, 0.5) is 5.69 Å². The zero-order chi connectivity index (χ0) is 12.6. The number of nitrogens with zero attached hydrogens (tertiary/aromatic N) is 1. The molecule has 0 saturated carbocycles. The van der Waals surface area contributed by atoms with Gasteiger partial charge in [0.1, 0.15) is 5.52 Å². The normalized spacial score (nSPS) is 10.5. The molecule has 4 N–H and O–H groups in total. The Morgan fingerprint density at radius 1 is 1.53 bits per heavy atom. The number of aromatic nitrogens is 1. The van der Waals surface area contributed by atoms with Gasteiger partial charge >= 0.3 is 0 Å². The molecular weight excluding hydrogens is 292 g/mol. The van der Waals surface area contributed by atoms with E-state index >= 15 is 0 Å². The third-order valence-electron chi connectivity index (χ3n) is 2.31. The van der Waals surface area contributed by atoms with Crippen molar-refractivity contribution >= 4 is 38.4 Å². The van der Waals surface area contributed by atoms with Crippen molar-refractivity contribution < 1.29 is 9.72 Å². The third-order valence-corrected chi connectivity index (χ3v) is 2.76. The first-order valence-corrected chi connectivity index (χ1v) is 5.30. The minimum absolute atomic E-state index is 0.106. The smallest absolute Gasteiger partial charge is 0.294 e. The Hall–Kier alpha value is -1.93. The first-order chi connectivity index (χ1) is 8.04. The van der Waals surface area contributed by atoms with Crippen molar-refractivity contribution in [1.82, 2.24) is 10.4 Å². The molecule has 17 heavy (non-hydrogen) atoms. The highest BCUT2D eigenvalue weighted by Gasteiger charge is 2.19. The quantitative estimate of drug-likeness (QED) is 0.337. The van der Waals surface area contributed by atoms with Crippen LogP contribution in [0.15, 0.2) is 22.8 Å². The van der Waals surface area contributed by atoms with Crippen molar-refractivity contribution in [3.8, 4) is 0 Å². The van der Waals surface area contributed by atoms with E-state index in [1.54, 1.807) is 6.07 Å². The number of hydrazine groups is 1. The van der Waals surface area contributed by atoms with Crippen LogP contribution < -0.4 is 11.3 Å². The van der Waals surface area contributed by atoms with Crippen LogP contribution in [0.2, 0.25) is 0 Å². The summed E-state index contributed by atoms with van der Waals surface area (Å²) in [6.45, 7) is 0. The number of hydrogen-bond acceptors (Lipinski definition) is 4. The fourth-order valence-corrected chi connectivity index (χ4v) is 2.03. The van der Waals surface area contributed by atoms with E-state index in [4.69, 9.17) is 5.84 Å². The Bertz CT molecular complexity index is 622. The van der Waals surface area contributed by atoms with Crippen LogP contribution in [-0.4, -0.2) is 15.8 Å². The lowest BCUT2D eigenvalue weighted by Gasteiger charge is -1.99. The second kappa shape index (κ2) is 4.15. The summed E-state index contributed by atoms with van der Waals surface area (Å²) >= 11 is 3.16. The maximum Gasteiger partial charge on any atom is 0.294 e. The minimum Gasteiger partial charge on any atom is -0.355 e. The fraction of sp³-hybridized carbons (Fsp3) is 0. The van der Waals surface area contributed by atoms with Crippen LogP contribution in [0, 0.1) is 10.1 Å². The molecule has 0 radical (unpaired) electrons. The highest BCUT2D eigenvalue weighted by molar-refractivity contribution is 9.10. The van der Waals surface area contributed by atoms with Crippen LogP contribution in [0.25, 0.3) is 10.9 Å². The molecule has 0 aliphatic heterocycles. The van der Waals surface area contributed by atoms with Gasteiger partial charge in [-0.15, -0.1) is 0 Å². The molecule has 0 unspecified atom stereocenters. The third kappa shape index (κ3) is 1.87. The largest absolute Gasteiger partial charge is 0.355 e. The molecule has 8 heteroatoms. The van der Waals surface area contributed by atoms with Crippen LogP contribution in [0.3, 0.4) is 0 Å². The number of nitro groups is 1. The highest BCUT2D eigenvalue weighted by Crippen LogP contribution is 2.31. The van der Waals surface area contributed by atoms with Gasteiger partial charge in [0.05, 0.1) is 10.5 Å². The lowest BCUT2D eigenvalue weighted by atomic mass is 10.1. The molecular formula is C9H7BrN4O3. The average molecular weight is 299 g/mol. The van der Waals surface area contributed by atoms with Gasteiger partial charge in [0.15, 0.2) is 0 Å². The second-order valence-electron chi connectivity index (χ2n) is 3.28. The molecule has 0 spiro atoms. The number of nitro benzene ring substituents is 1. The van der Waals surface area contributed by atoms with E-state index in [-0.39, 0.29) is 16.8 Å². The number of rotatable bonds is 2. The molecule has 88 valence electrons. The van der Waals surface area contributed by atoms with E-state index < -0.39 is 10.8 Å². The number of nitrogen functional groups attached to an aromatic ring is 1. The monoisotopic (exact) mass is 298 g/mol. The Morgan fingerprint density at radius 3 is 2.82 bits per heavy atom. The number of benzene rings is 1. The van der Waals surface area contributed by atoms with Gasteiger partial charge in [0.2, 0.25) is 0 Å². The lowest BCUT2D eigenvalue weighted by Crippen LogP contribution is -2.29. The Morgan fingerprint density at radius 2 is 2.24 bits per heavy atom. The number of nitrogens with two attached hydrogens (primary N) is 1. The maximum absolute atomic E-state index is 11.4. The predicted octanol–water partition coefficient (Wildman–Crippen LogP) is 1.44. The van der Waals surface area contributed by atoms with Gasteiger partial charge in [0, 0.05) is 22.1 Å². The molecule has 0 aliphatic carbocycles. The van der Waals surface area contributed by atoms with Crippen molar-refractivity contribution in [2.75, 3.05) is 0 Å². The van der Waals surface area contributed by atoms with Gasteiger partial charge in [-0.25, -0.2) is 5.84 Å². The minimum atomic E-state index is -0.520. The number of aromatic amines is 1. The zero-order valence-corrected chi connectivity index (χ0v) is 9.95. The molecule has 0 fully saturated rings. The number of carbonyl (C=O) groups is 1. The van der Waals surface area contributed by atoms with Crippen molar-refractivity contribution in [3.63, 3.8) is 0 Å². The van der Waals surface area contributed by atoms with Gasteiger partial charge in [0.25, 0.3) is 11.6 Å². The first-order valence-electron chi connectivity index (χ1n) is 4.50. The predicted molar refractivity (Wildman–Crippen MR) is 64.3 cm³/mol. The molecule has 1 heterocycles. The maximum atomic E-state index is 11.4. The number of halogens is 1. The topological polar surface area (TPSA) is 114 Å². The van der Waals surface area contributed by atoms with Gasteiger partial charge in [-0.3, -0.25) is 20.3 Å². The van der Waals surface area contributed by atoms with E-state index in [9.17, 15) is 14.9 Å². The summed E-state index contributed by atoms with van der Waals surface area (Å²) in [4.78, 5) is 24.5. The summed E-state index contributed by atoms with van der Waals surface area (Å²) in [7, 11) is 0. The Labute approximate surface area is 103 Å². The summed E-state index contributed by atoms with van der Waals surface area (Å²) in [5.74, 6) is 4.52. The van der Waals surface area contributed by atoms with E-state index in [1.807, 2.05) is 5.43 Å². The SMILES string of the molecule is NNC(=O)c1c[nH]c2c([N+](=O)[O-])cc(Br)cc12. The number of fused-ring (bicyclic) bond motifs is 1. The molecule has 2 aromatic rings. The van der Waals surface area contributed by atoms with Gasteiger partial charge in [-0.2, -0.15) is 0 Å². The van der Waals surface area contributed by atoms with E-state index in [1.165, 1.54) is 12.3 Å². The van der Waals surface area contributed by atoms with Crippen LogP contribution in [0.1, 0.15) is 10.4 Å². The van der Waals surface area contributed by atoms with Crippen molar-refractivity contribution in [2.24, 2.45) is 5.84 Å². The zero-order valence-electron chi connectivity index (χ0n) is 8.36. The summed E-state index contributed by atoms with van der Waals surface area (Å²) in [6.07, 6.45) is 1.38. The molecule has 7 nitrogen and oxygen atoms in total. The number of carbonyl (C=O) groups excluding carboxylic acids is 1. The number of nitrogens with one attached hydrogen (secondary N) is 2. The van der Waals surface area contributed by atoms with Crippen molar-refractivity contribution in [3.05, 3.63) is 38.5 Å². The molecule has 0 bridgehead atoms. The average Bonchev–Trinajstić information content (AvgIpc) is 2.70. The van der Waals surface area contributed by atoms with Crippen LogP contribution >= 0.6 is 15.9 Å². The van der Waals surface area contributed by atoms with Gasteiger partial charge in [-0.1, -0.05) is 15.9 Å². The summed E-state index contributed by atoms with van der Waals surface area (Å²) in [5, 5.41) is 11.3. The number of amides is 1. The molecule has 1 aromatic heterocycles. The lowest BCUT2D eigenvalue weighted by molar-refractivity contribution is -0.383.